The molecule has 3 atom stereocenters. The highest BCUT2D eigenvalue weighted by Gasteiger charge is 2.35. The number of ether oxygens (including phenoxy) is 2. The number of esters is 2. The van der Waals surface area contributed by atoms with Crippen molar-refractivity contribution in [1.29, 1.82) is 0 Å². The number of aliphatic hydroxyl groups excluding tert-OH is 1. The number of aliphatic hydroxyl groups is 1. The molecule has 0 saturated heterocycles. The summed E-state index contributed by atoms with van der Waals surface area (Å²) in [5.41, 5.74) is 0. The van der Waals surface area contributed by atoms with E-state index in [1.54, 1.807) is 0 Å². The van der Waals surface area contributed by atoms with Gasteiger partial charge in [-0.2, -0.15) is 0 Å². The highest BCUT2D eigenvalue weighted by Crippen LogP contribution is 2.29. The summed E-state index contributed by atoms with van der Waals surface area (Å²) in [5, 5.41) is 9.47. The van der Waals surface area contributed by atoms with Crippen molar-refractivity contribution in [3.63, 3.8) is 0 Å². The molecule has 1 fully saturated rings. The molecular weight excluding hydrogens is 356 g/mol. The molecule has 0 aromatic rings. The van der Waals surface area contributed by atoms with E-state index >= 15 is 0 Å². The van der Waals surface area contributed by atoms with Crippen molar-refractivity contribution in [3.8, 4) is 0 Å². The second-order valence-electron chi connectivity index (χ2n) is 8.25. The molecule has 164 valence electrons. The minimum Gasteiger partial charge on any atom is -0.458 e. The Labute approximate surface area is 171 Å². The van der Waals surface area contributed by atoms with Gasteiger partial charge in [-0.05, 0) is 38.0 Å². The summed E-state index contributed by atoms with van der Waals surface area (Å²) < 4.78 is 11.3. The van der Waals surface area contributed by atoms with Crippen molar-refractivity contribution in [2.24, 2.45) is 5.92 Å². The lowest BCUT2D eigenvalue weighted by molar-refractivity contribution is -0.174. The molecule has 1 N–H and O–H groups in total. The van der Waals surface area contributed by atoms with Crippen LogP contribution in [0, 0.1) is 5.92 Å². The molecule has 28 heavy (non-hydrogen) atoms. The Morgan fingerprint density at radius 1 is 0.750 bits per heavy atom. The monoisotopic (exact) mass is 398 g/mol. The summed E-state index contributed by atoms with van der Waals surface area (Å²) >= 11 is 0. The maximum atomic E-state index is 12.2. The van der Waals surface area contributed by atoms with Gasteiger partial charge in [-0.1, -0.05) is 65.2 Å². The van der Waals surface area contributed by atoms with Crippen LogP contribution in [-0.4, -0.2) is 35.9 Å². The minimum absolute atomic E-state index is 0.0865. The maximum Gasteiger partial charge on any atom is 0.306 e. The smallest absolute Gasteiger partial charge is 0.306 e. The van der Waals surface area contributed by atoms with E-state index in [0.717, 1.165) is 44.9 Å². The van der Waals surface area contributed by atoms with Crippen molar-refractivity contribution in [3.05, 3.63) is 0 Å². The summed E-state index contributed by atoms with van der Waals surface area (Å²) in [7, 11) is 0. The van der Waals surface area contributed by atoms with Crippen LogP contribution in [0.25, 0.3) is 0 Å². The highest BCUT2D eigenvalue weighted by atomic mass is 16.6. The van der Waals surface area contributed by atoms with Crippen LogP contribution < -0.4 is 0 Å². The normalized spacial score (nSPS) is 22.0. The fourth-order valence-electron chi connectivity index (χ4n) is 3.81. The standard InChI is InChI=1S/C23H42O5/c1-3-5-7-9-11-13-22(25)27-20-16-15-19(18-24)17-21(20)28-23(26)14-12-10-8-6-4-2/h19-21,24H,3-18H2,1-2H3/t19-,20?,21?/m0/s1. The fraction of sp³-hybridized carbons (Fsp3) is 0.913. The molecule has 5 nitrogen and oxygen atoms in total. The number of rotatable bonds is 15. The van der Waals surface area contributed by atoms with Gasteiger partial charge in [0, 0.05) is 19.4 Å². The summed E-state index contributed by atoms with van der Waals surface area (Å²) in [5.74, 6) is -0.281. The van der Waals surface area contributed by atoms with Gasteiger partial charge in [0.1, 0.15) is 12.2 Å². The second kappa shape index (κ2) is 15.8. The van der Waals surface area contributed by atoms with E-state index in [-0.39, 0.29) is 30.6 Å². The first kappa shape index (κ1) is 24.9. The quantitative estimate of drug-likeness (QED) is 0.298. The van der Waals surface area contributed by atoms with Gasteiger partial charge in [0.05, 0.1) is 0 Å². The van der Waals surface area contributed by atoms with Gasteiger partial charge in [-0.3, -0.25) is 9.59 Å². The Morgan fingerprint density at radius 2 is 1.25 bits per heavy atom. The molecule has 1 aliphatic carbocycles. The third kappa shape index (κ3) is 11.0. The van der Waals surface area contributed by atoms with Crippen LogP contribution in [0.1, 0.15) is 110 Å². The average Bonchev–Trinajstić information content (AvgIpc) is 2.69. The summed E-state index contributed by atoms with van der Waals surface area (Å²) in [6, 6.07) is 0. The third-order valence-corrected chi connectivity index (χ3v) is 5.63. The summed E-state index contributed by atoms with van der Waals surface area (Å²) in [6.07, 6.45) is 13.0. The van der Waals surface area contributed by atoms with Gasteiger partial charge >= 0.3 is 11.9 Å². The summed E-state index contributed by atoms with van der Waals surface area (Å²) in [6.45, 7) is 4.42. The SMILES string of the molecule is CCCCCCCC(=O)OC1CC[C@H](CO)CC1OC(=O)CCCCCCC. The molecule has 1 saturated carbocycles. The van der Waals surface area contributed by atoms with Crippen LogP contribution in [0.3, 0.4) is 0 Å². The largest absolute Gasteiger partial charge is 0.458 e. The van der Waals surface area contributed by atoms with Gasteiger partial charge in [0.25, 0.3) is 0 Å². The van der Waals surface area contributed by atoms with E-state index in [1.165, 1.54) is 25.7 Å². The zero-order valence-electron chi connectivity index (χ0n) is 18.1. The topological polar surface area (TPSA) is 72.8 Å². The Bertz CT molecular complexity index is 423. The number of carbonyl (C=O) groups is 2. The van der Waals surface area contributed by atoms with Gasteiger partial charge in [0.2, 0.25) is 0 Å². The molecule has 2 unspecified atom stereocenters. The molecule has 1 rings (SSSR count). The van der Waals surface area contributed by atoms with Gasteiger partial charge < -0.3 is 14.6 Å². The van der Waals surface area contributed by atoms with Crippen molar-refractivity contribution >= 4 is 11.9 Å². The maximum absolute atomic E-state index is 12.2. The van der Waals surface area contributed by atoms with Gasteiger partial charge in [-0.15, -0.1) is 0 Å². The van der Waals surface area contributed by atoms with Crippen LogP contribution >= 0.6 is 0 Å². The lowest BCUT2D eigenvalue weighted by atomic mass is 9.85. The fourth-order valence-corrected chi connectivity index (χ4v) is 3.81. The molecule has 0 spiro atoms. The Hall–Kier alpha value is -1.10. The van der Waals surface area contributed by atoms with Gasteiger partial charge in [0.15, 0.2) is 0 Å². The lowest BCUT2D eigenvalue weighted by Crippen LogP contribution is -2.41. The predicted molar refractivity (Wildman–Crippen MR) is 111 cm³/mol. The zero-order valence-corrected chi connectivity index (χ0v) is 18.1. The van der Waals surface area contributed by atoms with Gasteiger partial charge in [-0.25, -0.2) is 0 Å². The predicted octanol–water partition coefficient (Wildman–Crippen LogP) is 5.32. The van der Waals surface area contributed by atoms with E-state index in [1.807, 2.05) is 0 Å². The van der Waals surface area contributed by atoms with E-state index in [9.17, 15) is 14.7 Å². The van der Waals surface area contributed by atoms with Crippen LogP contribution in [0.5, 0.6) is 0 Å². The number of unbranched alkanes of at least 4 members (excludes halogenated alkanes) is 8. The number of carbonyl (C=O) groups excluding carboxylic acids is 2. The third-order valence-electron chi connectivity index (χ3n) is 5.63. The molecule has 0 aromatic heterocycles. The van der Waals surface area contributed by atoms with Crippen molar-refractivity contribution in [2.75, 3.05) is 6.61 Å². The highest BCUT2D eigenvalue weighted by molar-refractivity contribution is 5.70. The molecule has 0 bridgehead atoms. The molecule has 0 aliphatic heterocycles. The van der Waals surface area contributed by atoms with Crippen molar-refractivity contribution in [1.82, 2.24) is 0 Å². The van der Waals surface area contributed by atoms with Crippen molar-refractivity contribution < 1.29 is 24.2 Å². The molecule has 1 aliphatic rings. The number of hydrogen-bond donors (Lipinski definition) is 1. The zero-order chi connectivity index (χ0) is 20.6. The van der Waals surface area contributed by atoms with E-state index in [0.29, 0.717) is 25.7 Å². The molecule has 0 radical (unpaired) electrons. The number of hydrogen-bond acceptors (Lipinski definition) is 5. The first-order valence-electron chi connectivity index (χ1n) is 11.6. The summed E-state index contributed by atoms with van der Waals surface area (Å²) in [4.78, 5) is 24.4. The molecule has 0 heterocycles. The Kier molecular flexibility index (Phi) is 14.1. The van der Waals surface area contributed by atoms with Crippen molar-refractivity contribution in [2.45, 2.75) is 122 Å². The Morgan fingerprint density at radius 3 is 1.75 bits per heavy atom. The second-order valence-corrected chi connectivity index (χ2v) is 8.25. The van der Waals surface area contributed by atoms with E-state index in [2.05, 4.69) is 13.8 Å². The first-order valence-corrected chi connectivity index (χ1v) is 11.6. The van der Waals surface area contributed by atoms with E-state index < -0.39 is 6.10 Å². The average molecular weight is 399 g/mol. The lowest BCUT2D eigenvalue weighted by Gasteiger charge is -2.34. The van der Waals surface area contributed by atoms with E-state index in [4.69, 9.17) is 9.47 Å². The molecule has 5 heteroatoms. The van der Waals surface area contributed by atoms with Crippen LogP contribution in [0.4, 0.5) is 0 Å². The molecule has 0 aromatic carbocycles. The molecule has 0 amide bonds. The molecular formula is C23H42O5. The van der Waals surface area contributed by atoms with Crippen LogP contribution in [0.15, 0.2) is 0 Å². The van der Waals surface area contributed by atoms with Crippen LogP contribution in [-0.2, 0) is 19.1 Å². The minimum atomic E-state index is -0.418. The first-order chi connectivity index (χ1) is 13.6. The Balaban J connectivity index is 2.39. The van der Waals surface area contributed by atoms with Crippen LogP contribution in [0.2, 0.25) is 0 Å².